The molecule has 0 saturated heterocycles. The molecule has 1 saturated carbocycles. The maximum Gasteiger partial charge on any atom is 0.230 e. The average molecular weight is 228 g/mol. The van der Waals surface area contributed by atoms with Crippen molar-refractivity contribution in [3.63, 3.8) is 0 Å². The van der Waals surface area contributed by atoms with Crippen molar-refractivity contribution in [3.8, 4) is 11.4 Å². The number of nitrogens with zero attached hydrogens (tertiary/aromatic N) is 2. The number of rotatable bonds is 3. The molecule has 1 fully saturated rings. The molecular weight excluding hydrogens is 216 g/mol. The minimum absolute atomic E-state index is 0.416. The molecule has 17 heavy (non-hydrogen) atoms. The van der Waals surface area contributed by atoms with Crippen molar-refractivity contribution < 1.29 is 9.32 Å². The normalized spacial score (nSPS) is 15.5. The fourth-order valence-electron chi connectivity index (χ4n) is 1.97. The van der Waals surface area contributed by atoms with E-state index < -0.39 is 0 Å². The SMILES string of the molecule is O=Cc1ccccc1-c1noc(C2CCC2)n1. The number of hydrogen-bond donors (Lipinski definition) is 0. The molecule has 1 aromatic carbocycles. The maximum atomic E-state index is 10.9. The molecule has 0 N–H and O–H groups in total. The monoisotopic (exact) mass is 228 g/mol. The van der Waals surface area contributed by atoms with Gasteiger partial charge in [-0.1, -0.05) is 35.8 Å². The van der Waals surface area contributed by atoms with E-state index in [1.54, 1.807) is 6.07 Å². The molecule has 1 heterocycles. The van der Waals surface area contributed by atoms with Crippen LogP contribution in [0.4, 0.5) is 0 Å². The van der Waals surface area contributed by atoms with E-state index in [0.29, 0.717) is 23.2 Å². The largest absolute Gasteiger partial charge is 0.339 e. The van der Waals surface area contributed by atoms with E-state index in [4.69, 9.17) is 4.52 Å². The zero-order valence-corrected chi connectivity index (χ0v) is 9.30. The van der Waals surface area contributed by atoms with Gasteiger partial charge >= 0.3 is 0 Å². The lowest BCUT2D eigenvalue weighted by atomic mass is 9.85. The first-order chi connectivity index (χ1) is 8.38. The van der Waals surface area contributed by atoms with Crippen LogP contribution in [0.1, 0.15) is 41.4 Å². The number of hydrogen-bond acceptors (Lipinski definition) is 4. The zero-order valence-electron chi connectivity index (χ0n) is 9.30. The Labute approximate surface area is 98.7 Å². The molecule has 0 amide bonds. The summed E-state index contributed by atoms with van der Waals surface area (Å²) in [6.07, 6.45) is 4.29. The first kappa shape index (κ1) is 10.2. The Hall–Kier alpha value is -1.97. The van der Waals surface area contributed by atoms with Gasteiger partial charge in [-0.3, -0.25) is 4.79 Å². The van der Waals surface area contributed by atoms with E-state index in [1.807, 2.05) is 18.2 Å². The fourth-order valence-corrected chi connectivity index (χ4v) is 1.97. The van der Waals surface area contributed by atoms with Gasteiger partial charge in [0, 0.05) is 17.0 Å². The summed E-state index contributed by atoms with van der Waals surface area (Å²) in [4.78, 5) is 15.3. The Morgan fingerprint density at radius 2 is 2.12 bits per heavy atom. The Balaban J connectivity index is 1.97. The summed E-state index contributed by atoms with van der Waals surface area (Å²) in [7, 11) is 0. The van der Waals surface area contributed by atoms with Crippen molar-refractivity contribution in [2.45, 2.75) is 25.2 Å². The lowest BCUT2D eigenvalue weighted by molar-refractivity contribution is 0.112. The maximum absolute atomic E-state index is 10.9. The third-order valence-electron chi connectivity index (χ3n) is 3.22. The quantitative estimate of drug-likeness (QED) is 0.758. The minimum atomic E-state index is 0.416. The van der Waals surface area contributed by atoms with Crippen LogP contribution < -0.4 is 0 Å². The van der Waals surface area contributed by atoms with Gasteiger partial charge in [0.2, 0.25) is 11.7 Å². The zero-order chi connectivity index (χ0) is 11.7. The first-order valence-electron chi connectivity index (χ1n) is 5.76. The van der Waals surface area contributed by atoms with Crippen molar-refractivity contribution in [2.24, 2.45) is 0 Å². The molecule has 86 valence electrons. The third kappa shape index (κ3) is 1.75. The molecule has 4 heteroatoms. The summed E-state index contributed by atoms with van der Waals surface area (Å²) in [6, 6.07) is 7.27. The van der Waals surface area contributed by atoms with Crippen LogP contribution in [0.3, 0.4) is 0 Å². The smallest absolute Gasteiger partial charge is 0.230 e. The van der Waals surface area contributed by atoms with Crippen LogP contribution in [0.15, 0.2) is 28.8 Å². The summed E-state index contributed by atoms with van der Waals surface area (Å²) in [5.41, 5.74) is 1.32. The predicted molar refractivity (Wildman–Crippen MR) is 61.7 cm³/mol. The number of benzene rings is 1. The summed E-state index contributed by atoms with van der Waals surface area (Å²) in [5, 5.41) is 3.95. The van der Waals surface area contributed by atoms with Crippen molar-refractivity contribution in [2.75, 3.05) is 0 Å². The van der Waals surface area contributed by atoms with Gasteiger partial charge < -0.3 is 4.52 Å². The Morgan fingerprint density at radius 1 is 1.29 bits per heavy atom. The molecule has 2 aromatic rings. The predicted octanol–water partition coefficient (Wildman–Crippen LogP) is 2.82. The molecule has 0 aliphatic heterocycles. The Bertz CT molecular complexity index is 544. The topological polar surface area (TPSA) is 56.0 Å². The van der Waals surface area contributed by atoms with Gasteiger partial charge in [-0.2, -0.15) is 4.98 Å². The van der Waals surface area contributed by atoms with Crippen LogP contribution in [0, 0.1) is 0 Å². The molecule has 1 aliphatic carbocycles. The van der Waals surface area contributed by atoms with E-state index in [0.717, 1.165) is 24.7 Å². The molecular formula is C13H12N2O2. The van der Waals surface area contributed by atoms with E-state index in [9.17, 15) is 4.79 Å². The van der Waals surface area contributed by atoms with E-state index in [-0.39, 0.29) is 0 Å². The van der Waals surface area contributed by atoms with Crippen molar-refractivity contribution in [1.29, 1.82) is 0 Å². The van der Waals surface area contributed by atoms with Gasteiger partial charge in [0.1, 0.15) is 0 Å². The second-order valence-corrected chi connectivity index (χ2v) is 4.29. The van der Waals surface area contributed by atoms with E-state index in [1.165, 1.54) is 6.42 Å². The van der Waals surface area contributed by atoms with Crippen LogP contribution in [0.5, 0.6) is 0 Å². The average Bonchev–Trinajstić information content (AvgIpc) is 2.76. The van der Waals surface area contributed by atoms with Crippen LogP contribution >= 0.6 is 0 Å². The first-order valence-corrected chi connectivity index (χ1v) is 5.76. The molecule has 3 rings (SSSR count). The van der Waals surface area contributed by atoms with E-state index in [2.05, 4.69) is 10.1 Å². The molecule has 4 nitrogen and oxygen atoms in total. The Kier molecular flexibility index (Phi) is 2.48. The number of aromatic nitrogens is 2. The molecule has 0 radical (unpaired) electrons. The number of carbonyl (C=O) groups is 1. The van der Waals surface area contributed by atoms with Gasteiger partial charge in [0.25, 0.3) is 0 Å². The van der Waals surface area contributed by atoms with Gasteiger partial charge in [-0.05, 0) is 12.8 Å². The second kappa shape index (κ2) is 4.13. The fraction of sp³-hybridized carbons (Fsp3) is 0.308. The van der Waals surface area contributed by atoms with E-state index >= 15 is 0 Å². The molecule has 0 spiro atoms. The lowest BCUT2D eigenvalue weighted by Crippen LogP contribution is -2.08. The summed E-state index contributed by atoms with van der Waals surface area (Å²) < 4.78 is 5.25. The summed E-state index contributed by atoms with van der Waals surface area (Å²) in [6.45, 7) is 0. The highest BCUT2D eigenvalue weighted by molar-refractivity contribution is 5.85. The van der Waals surface area contributed by atoms with Crippen molar-refractivity contribution in [3.05, 3.63) is 35.7 Å². The van der Waals surface area contributed by atoms with Crippen LogP contribution in [-0.2, 0) is 0 Å². The second-order valence-electron chi connectivity index (χ2n) is 4.29. The summed E-state index contributed by atoms with van der Waals surface area (Å²) >= 11 is 0. The highest BCUT2D eigenvalue weighted by Crippen LogP contribution is 2.36. The molecule has 0 bridgehead atoms. The van der Waals surface area contributed by atoms with Crippen LogP contribution in [-0.4, -0.2) is 16.4 Å². The van der Waals surface area contributed by atoms with Gasteiger partial charge in [-0.25, -0.2) is 0 Å². The van der Waals surface area contributed by atoms with Gasteiger partial charge in [0.15, 0.2) is 6.29 Å². The van der Waals surface area contributed by atoms with Crippen molar-refractivity contribution in [1.82, 2.24) is 10.1 Å². The van der Waals surface area contributed by atoms with Crippen LogP contribution in [0.25, 0.3) is 11.4 Å². The van der Waals surface area contributed by atoms with Crippen LogP contribution in [0.2, 0.25) is 0 Å². The molecule has 0 unspecified atom stereocenters. The minimum Gasteiger partial charge on any atom is -0.339 e. The molecule has 1 aliphatic rings. The highest BCUT2D eigenvalue weighted by Gasteiger charge is 2.25. The summed E-state index contributed by atoms with van der Waals surface area (Å²) in [5.74, 6) is 1.63. The highest BCUT2D eigenvalue weighted by atomic mass is 16.5. The lowest BCUT2D eigenvalue weighted by Gasteiger charge is -2.20. The number of carbonyl (C=O) groups excluding carboxylic acids is 1. The third-order valence-corrected chi connectivity index (χ3v) is 3.22. The molecule has 1 aromatic heterocycles. The number of aldehydes is 1. The van der Waals surface area contributed by atoms with Gasteiger partial charge in [0.05, 0.1) is 0 Å². The van der Waals surface area contributed by atoms with Gasteiger partial charge in [-0.15, -0.1) is 0 Å². The van der Waals surface area contributed by atoms with Crippen molar-refractivity contribution >= 4 is 6.29 Å². The standard InChI is InChI=1S/C13H12N2O2/c16-8-10-4-1-2-7-11(10)12-14-13(17-15-12)9-5-3-6-9/h1-2,4,7-9H,3,5-6H2. The Morgan fingerprint density at radius 3 is 2.82 bits per heavy atom. The molecule has 0 atom stereocenters.